The van der Waals surface area contributed by atoms with Gasteiger partial charge >= 0.3 is 0 Å². The average molecular weight is 1150 g/mol. The number of aliphatic hydroxyl groups is 5. The van der Waals surface area contributed by atoms with Gasteiger partial charge in [0.1, 0.15) is 67.2 Å². The minimum Gasteiger partial charge on any atom is -0.490 e. The molecule has 0 aliphatic carbocycles. The van der Waals surface area contributed by atoms with E-state index in [0.717, 1.165) is 4.90 Å². The first-order chi connectivity index (χ1) is 38.8. The number of fused-ring (bicyclic) bond motifs is 5. The molecule has 0 unspecified atom stereocenters. The number of hydrogen-bond acceptors (Lipinski definition) is 17. The summed E-state index contributed by atoms with van der Waals surface area (Å²) < 4.78 is 28.0. The van der Waals surface area contributed by atoms with Crippen LogP contribution in [0.25, 0.3) is 22.3 Å². The smallest absolute Gasteiger partial charge is 0.258 e. The highest BCUT2D eigenvalue weighted by molar-refractivity contribution is 6.12. The van der Waals surface area contributed by atoms with Crippen LogP contribution < -0.4 is 32.1 Å². The molecule has 446 valence electrons. The Labute approximate surface area is 472 Å². The third-order valence-corrected chi connectivity index (χ3v) is 15.2. The first-order valence-electron chi connectivity index (χ1n) is 27.5. The molecule has 3 aliphatic heterocycles. The van der Waals surface area contributed by atoms with Gasteiger partial charge in [-0.1, -0.05) is 40.7 Å². The zero-order chi connectivity index (χ0) is 60.3. The van der Waals surface area contributed by atoms with Gasteiger partial charge in [0.2, 0.25) is 29.5 Å². The van der Waals surface area contributed by atoms with Gasteiger partial charge in [-0.3, -0.25) is 48.1 Å². The van der Waals surface area contributed by atoms with Crippen molar-refractivity contribution in [1.82, 2.24) is 41.0 Å². The zero-order valence-corrected chi connectivity index (χ0v) is 47.0. The van der Waals surface area contributed by atoms with Crippen LogP contribution in [0.2, 0.25) is 0 Å². The van der Waals surface area contributed by atoms with Gasteiger partial charge in [0, 0.05) is 79.5 Å². The van der Waals surface area contributed by atoms with E-state index in [2.05, 4.69) is 33.2 Å². The van der Waals surface area contributed by atoms with Crippen LogP contribution in [0.15, 0.2) is 47.5 Å². The highest BCUT2D eigenvalue weighted by Crippen LogP contribution is 2.42. The van der Waals surface area contributed by atoms with Gasteiger partial charge in [0.15, 0.2) is 0 Å². The fourth-order valence-electron chi connectivity index (χ4n) is 9.99. The van der Waals surface area contributed by atoms with E-state index in [9.17, 15) is 68.7 Å². The predicted molar refractivity (Wildman–Crippen MR) is 293 cm³/mol. The van der Waals surface area contributed by atoms with Crippen molar-refractivity contribution in [3.63, 3.8) is 0 Å². The first kappa shape index (κ1) is 63.9. The molecule has 0 spiro atoms. The fraction of sp³-hybridized carbons (Fsp3) is 0.544. The number of Topliss-reactive ketones (excluding diaryl/α,β-unsaturated/α-hetero) is 1. The molecule has 3 aromatic rings. The van der Waals surface area contributed by atoms with Crippen molar-refractivity contribution < 1.29 is 77.8 Å². The van der Waals surface area contributed by atoms with Crippen LogP contribution in [-0.2, 0) is 73.1 Å². The summed E-state index contributed by atoms with van der Waals surface area (Å²) in [5.41, 5.74) is 1.28. The number of nitrogens with zero attached hydrogens (tertiary/aromatic N) is 3. The van der Waals surface area contributed by atoms with Crippen LogP contribution in [0.3, 0.4) is 0 Å². The second-order valence-corrected chi connectivity index (χ2v) is 21.3. The van der Waals surface area contributed by atoms with E-state index in [1.807, 2.05) is 0 Å². The lowest BCUT2D eigenvalue weighted by molar-refractivity contribution is -0.137. The van der Waals surface area contributed by atoms with Crippen LogP contribution in [0.4, 0.5) is 4.39 Å². The molecule has 0 fully saturated rings. The summed E-state index contributed by atoms with van der Waals surface area (Å²) in [5, 5.41) is 65.2. The van der Waals surface area contributed by atoms with Crippen molar-refractivity contribution in [3.8, 4) is 11.4 Å². The number of ether oxygens (including phenoxy) is 2. The Morgan fingerprint density at radius 3 is 2.23 bits per heavy atom. The lowest BCUT2D eigenvalue weighted by Gasteiger charge is -2.35. The van der Waals surface area contributed by atoms with Crippen LogP contribution >= 0.6 is 0 Å². The zero-order valence-electron chi connectivity index (χ0n) is 47.0. The molecule has 82 heavy (non-hydrogen) atoms. The van der Waals surface area contributed by atoms with Crippen molar-refractivity contribution >= 4 is 58.0 Å². The van der Waals surface area contributed by atoms with Crippen molar-refractivity contribution in [2.24, 2.45) is 11.8 Å². The number of ketones is 1. The number of carbonyl (C=O) groups is 8. The van der Waals surface area contributed by atoms with Gasteiger partial charge in [-0.25, -0.2) is 9.37 Å². The molecule has 0 bridgehead atoms. The van der Waals surface area contributed by atoms with Crippen molar-refractivity contribution in [3.05, 3.63) is 86.7 Å². The van der Waals surface area contributed by atoms with Crippen molar-refractivity contribution in [2.75, 3.05) is 26.4 Å². The number of benzene rings is 1. The third-order valence-electron chi connectivity index (χ3n) is 15.2. The molecule has 3 aliphatic rings. The van der Waals surface area contributed by atoms with E-state index >= 15 is 4.39 Å². The predicted octanol–water partition coefficient (Wildman–Crippen LogP) is 0.677. The molecular weight excluding hydrogens is 1070 g/mol. The number of aromatic nitrogens is 2. The van der Waals surface area contributed by atoms with E-state index in [1.165, 1.54) is 29.7 Å². The van der Waals surface area contributed by atoms with Crippen LogP contribution in [0.5, 0.6) is 0 Å². The van der Waals surface area contributed by atoms with Crippen LogP contribution in [0, 0.1) is 24.6 Å². The molecule has 0 radical (unpaired) electrons. The van der Waals surface area contributed by atoms with Crippen LogP contribution in [0.1, 0.15) is 120 Å². The van der Waals surface area contributed by atoms with Crippen molar-refractivity contribution in [2.45, 2.75) is 161 Å². The molecule has 5 heterocycles. The molecule has 1 aromatic carbocycles. The summed E-state index contributed by atoms with van der Waals surface area (Å²) in [6.45, 7) is 12.0. The molecule has 0 saturated carbocycles. The standard InChI is InChI=1S/C57H75FN8O16/c1-8-43(68)51(74)52(75)44(69)24-60-45(70)15-14-33(19-35(67)13-11-10-12-18-65-47(72)16-17-48(65)73)54(77)64-49(29(3)4)55(78)62-31(6)53(76)61-28-81-27-46(71)59-23-37-30(5)40(58)22-41-36(37)20-34-25-66-42(50(34)63-41)21-39-38(56(66)79)26-82-32(7)57(39,80)9-2/h16-17,20-22,29,31,33,43-44,49,51-52,68-69,74-75,80H,7-15,18-19,23-28H2,1-6H3,(H,59,71)(H,60,70)(H,61,76)(H,62,78)(H,64,77)/t31-,33+,43+,44-,49-,51+,52+,57+/m0/s1. The van der Waals surface area contributed by atoms with E-state index in [4.69, 9.17) is 14.5 Å². The maximum atomic E-state index is 15.5. The summed E-state index contributed by atoms with van der Waals surface area (Å²) in [6.07, 6.45) is -3.37. The Hall–Kier alpha value is -7.29. The number of aliphatic hydroxyl groups excluding tert-OH is 4. The Morgan fingerprint density at radius 1 is 0.866 bits per heavy atom. The van der Waals surface area contributed by atoms with Gasteiger partial charge in [0.05, 0.1) is 41.2 Å². The second kappa shape index (κ2) is 28.1. The van der Waals surface area contributed by atoms with Gasteiger partial charge < -0.3 is 66.2 Å². The van der Waals surface area contributed by atoms with E-state index in [1.54, 1.807) is 46.8 Å². The van der Waals surface area contributed by atoms with Gasteiger partial charge in [-0.05, 0) is 75.1 Å². The summed E-state index contributed by atoms with van der Waals surface area (Å²) in [7, 11) is 0. The highest BCUT2D eigenvalue weighted by Gasteiger charge is 2.42. The molecule has 6 rings (SSSR count). The number of rotatable bonds is 30. The molecular formula is C57H75FN8O16. The normalized spacial score (nSPS) is 17.9. The summed E-state index contributed by atoms with van der Waals surface area (Å²) >= 11 is 0. The average Bonchev–Trinajstić information content (AvgIpc) is 4.12. The molecule has 7 amide bonds. The molecule has 24 nitrogen and oxygen atoms in total. The number of unbranched alkanes of at least 4 members (excludes halogenated alkanes) is 2. The van der Waals surface area contributed by atoms with E-state index in [-0.39, 0.29) is 92.9 Å². The van der Waals surface area contributed by atoms with E-state index < -0.39 is 121 Å². The summed E-state index contributed by atoms with van der Waals surface area (Å²) in [4.78, 5) is 123. The maximum absolute atomic E-state index is 15.5. The number of imide groups is 1. The fourth-order valence-corrected chi connectivity index (χ4v) is 9.99. The molecule has 0 saturated heterocycles. The Bertz CT molecular complexity index is 3040. The minimum atomic E-state index is -1.79. The van der Waals surface area contributed by atoms with Gasteiger partial charge in [0.25, 0.3) is 17.4 Å². The molecule has 8 atom stereocenters. The molecule has 25 heteroatoms. The number of nitrogens with one attached hydrogen (secondary N) is 5. The number of carbonyl (C=O) groups excluding carboxylic acids is 8. The number of pyridine rings is 2. The number of halogens is 1. The first-order valence-corrected chi connectivity index (χ1v) is 27.5. The number of amides is 7. The van der Waals surface area contributed by atoms with Gasteiger partial charge in [-0.2, -0.15) is 0 Å². The van der Waals surface area contributed by atoms with Crippen LogP contribution in [-0.4, -0.2) is 150 Å². The highest BCUT2D eigenvalue weighted by atomic mass is 19.1. The SMILES string of the molecule is C=C1OCc2c(cc3n(c2=O)Cc2cc4c(CNC(=O)COCNC(=O)[C@H](C)NC(=O)[C@@H](NC(=O)[C@H](CCC(=O)NC[C@H](O)[C@@H](O)[C@H](O)[C@H](O)CC)CC(=O)CCCCCN5C(=O)C=CC5=O)C(C)C)c(C)c(F)cc4nc2-3)[C@@]1(O)CC. The lowest BCUT2D eigenvalue weighted by Crippen LogP contribution is -2.55. The summed E-state index contributed by atoms with van der Waals surface area (Å²) in [6, 6.07) is 2.36. The lowest BCUT2D eigenvalue weighted by atomic mass is 9.84. The Kier molecular flexibility index (Phi) is 21.9. The Balaban J connectivity index is 0.997. The third kappa shape index (κ3) is 15.0. The quantitative estimate of drug-likeness (QED) is 0.0195. The van der Waals surface area contributed by atoms with E-state index in [0.29, 0.717) is 58.3 Å². The molecule has 2 aromatic heterocycles. The second-order valence-electron chi connectivity index (χ2n) is 21.3. The topological polar surface area (TPSA) is 354 Å². The molecule has 10 N–H and O–H groups in total. The Morgan fingerprint density at radius 2 is 1.56 bits per heavy atom. The largest absolute Gasteiger partial charge is 0.490 e. The van der Waals surface area contributed by atoms with Gasteiger partial charge in [-0.15, -0.1) is 0 Å². The summed E-state index contributed by atoms with van der Waals surface area (Å²) in [5.74, 6) is -6.84. The monoisotopic (exact) mass is 1150 g/mol. The number of hydrogen-bond donors (Lipinski definition) is 10. The minimum absolute atomic E-state index is 0.0267. The maximum Gasteiger partial charge on any atom is 0.258 e. The van der Waals surface area contributed by atoms with Crippen molar-refractivity contribution in [1.29, 1.82) is 0 Å².